The normalized spacial score (nSPS) is 27.9. The zero-order chi connectivity index (χ0) is 23.6. The molecule has 0 spiro atoms. The highest BCUT2D eigenvalue weighted by Gasteiger charge is 2.52. The second kappa shape index (κ2) is 11.0. The SMILES string of the molecule is O=C(C[N+]12CCC(CC1)[C@@H](OC(=O)C(O)(c1ccsc1)C1CCCCC1)C2)Nc1ncncn1.[Br-]. The van der Waals surface area contributed by atoms with Crippen LogP contribution in [0, 0.1) is 11.8 Å². The first-order valence-corrected chi connectivity index (χ1v) is 13.2. The number of nitrogens with one attached hydrogen (secondary N) is 1. The van der Waals surface area contributed by atoms with Crippen LogP contribution in [0.3, 0.4) is 0 Å². The van der Waals surface area contributed by atoms with Gasteiger partial charge in [-0.1, -0.05) is 19.3 Å². The minimum atomic E-state index is -1.60. The Morgan fingerprint density at radius 1 is 1.14 bits per heavy atom. The molecule has 190 valence electrons. The molecule has 2 aromatic heterocycles. The van der Waals surface area contributed by atoms with Crippen LogP contribution in [0.4, 0.5) is 5.95 Å². The topological polar surface area (TPSA) is 114 Å². The summed E-state index contributed by atoms with van der Waals surface area (Å²) in [5.74, 6) is -0.299. The molecule has 0 radical (unpaired) electrons. The number of quaternary nitrogens is 1. The van der Waals surface area contributed by atoms with Gasteiger partial charge >= 0.3 is 5.97 Å². The number of ether oxygens (including phenoxy) is 1. The fourth-order valence-electron chi connectivity index (χ4n) is 6.10. The number of esters is 1. The summed E-state index contributed by atoms with van der Waals surface area (Å²) in [4.78, 5) is 38.0. The number of nitrogens with zero attached hydrogens (tertiary/aromatic N) is 4. The Morgan fingerprint density at radius 2 is 1.86 bits per heavy atom. The van der Waals surface area contributed by atoms with Crippen molar-refractivity contribution in [3.63, 3.8) is 0 Å². The zero-order valence-electron chi connectivity index (χ0n) is 19.6. The Hall–Kier alpha value is -1.95. The third-order valence-corrected chi connectivity index (χ3v) is 8.68. The van der Waals surface area contributed by atoms with Gasteiger partial charge in [0.15, 0.2) is 18.2 Å². The van der Waals surface area contributed by atoms with E-state index in [4.69, 9.17) is 4.74 Å². The lowest BCUT2D eigenvalue weighted by atomic mass is 9.74. The molecule has 35 heavy (non-hydrogen) atoms. The van der Waals surface area contributed by atoms with Crippen molar-refractivity contribution in [2.45, 2.75) is 56.7 Å². The van der Waals surface area contributed by atoms with Gasteiger partial charge in [-0.15, -0.1) is 0 Å². The minimum Gasteiger partial charge on any atom is -1.00 e. The highest BCUT2D eigenvalue weighted by Crippen LogP contribution is 2.43. The Balaban J connectivity index is 0.00000289. The first kappa shape index (κ1) is 26.1. The van der Waals surface area contributed by atoms with Crippen molar-refractivity contribution in [2.24, 2.45) is 11.8 Å². The van der Waals surface area contributed by atoms with Gasteiger partial charge in [-0.05, 0) is 29.7 Å². The standard InChI is InChI=1S/C24H31N5O4S.BrH/c30-21(28-23-26-15-25-16-27-23)13-29-9-6-17(7-10-29)20(12-29)33-22(31)24(32,19-8-11-34-14-19)18-4-2-1-3-5-18;/h8,11,14-18,20,32H,1-7,9-10,12-13H2;1H/t17?,20-,24?,29?;/m0./s1. The van der Waals surface area contributed by atoms with Gasteiger partial charge in [0.1, 0.15) is 19.2 Å². The first-order valence-electron chi connectivity index (χ1n) is 12.2. The van der Waals surface area contributed by atoms with Crippen molar-refractivity contribution in [3.8, 4) is 0 Å². The fourth-order valence-corrected chi connectivity index (χ4v) is 6.81. The third-order valence-electron chi connectivity index (χ3n) is 7.99. The quantitative estimate of drug-likeness (QED) is 0.343. The Labute approximate surface area is 219 Å². The molecule has 3 saturated heterocycles. The minimum absolute atomic E-state index is 0. The molecule has 9 nitrogen and oxygen atoms in total. The number of amides is 1. The Kier molecular flexibility index (Phi) is 8.19. The summed E-state index contributed by atoms with van der Waals surface area (Å²) in [5.41, 5.74) is -0.954. The van der Waals surface area contributed by atoms with E-state index in [1.54, 1.807) is 0 Å². The van der Waals surface area contributed by atoms with Crippen molar-refractivity contribution in [1.82, 2.24) is 15.0 Å². The lowest BCUT2D eigenvalue weighted by molar-refractivity contribution is -0.939. The van der Waals surface area contributed by atoms with Gasteiger partial charge in [-0.2, -0.15) is 11.3 Å². The highest BCUT2D eigenvalue weighted by molar-refractivity contribution is 7.08. The van der Waals surface area contributed by atoms with E-state index in [0.717, 1.165) is 58.0 Å². The second-order valence-electron chi connectivity index (χ2n) is 10.0. The summed E-state index contributed by atoms with van der Waals surface area (Å²) >= 11 is 1.48. The van der Waals surface area contributed by atoms with Gasteiger partial charge in [0.2, 0.25) is 5.95 Å². The molecule has 6 rings (SSSR count). The number of aromatic nitrogens is 3. The van der Waals surface area contributed by atoms with E-state index in [-0.39, 0.29) is 53.3 Å². The van der Waals surface area contributed by atoms with Crippen molar-refractivity contribution >= 4 is 29.2 Å². The van der Waals surface area contributed by atoms with Crippen LogP contribution < -0.4 is 22.3 Å². The van der Waals surface area contributed by atoms with Crippen LogP contribution in [0.25, 0.3) is 0 Å². The van der Waals surface area contributed by atoms with E-state index >= 15 is 0 Å². The summed E-state index contributed by atoms with van der Waals surface area (Å²) in [6, 6.07) is 1.84. The van der Waals surface area contributed by atoms with E-state index in [1.807, 2.05) is 16.8 Å². The van der Waals surface area contributed by atoms with Crippen LogP contribution in [-0.4, -0.2) is 68.7 Å². The Bertz CT molecular complexity index is 997. The van der Waals surface area contributed by atoms with Crippen molar-refractivity contribution in [2.75, 3.05) is 31.5 Å². The van der Waals surface area contributed by atoms with Gasteiger partial charge in [0.05, 0.1) is 13.1 Å². The van der Waals surface area contributed by atoms with Crippen LogP contribution in [0.2, 0.25) is 0 Å². The van der Waals surface area contributed by atoms with E-state index in [2.05, 4.69) is 20.3 Å². The van der Waals surface area contributed by atoms with Gasteiger partial charge in [-0.3, -0.25) is 10.1 Å². The van der Waals surface area contributed by atoms with Crippen LogP contribution in [0.15, 0.2) is 29.5 Å². The monoisotopic (exact) mass is 565 g/mol. The molecule has 4 aliphatic rings. The van der Waals surface area contributed by atoms with Crippen LogP contribution in [0.1, 0.15) is 50.5 Å². The molecule has 0 aromatic carbocycles. The average molecular weight is 567 g/mol. The van der Waals surface area contributed by atoms with E-state index < -0.39 is 11.6 Å². The second-order valence-corrected chi connectivity index (χ2v) is 10.8. The number of carbonyl (C=O) groups excluding carboxylic acids is 2. The molecular formula is C24H32BrN5O4S. The first-order chi connectivity index (χ1) is 16.5. The number of rotatable bonds is 7. The van der Waals surface area contributed by atoms with Crippen molar-refractivity contribution in [1.29, 1.82) is 0 Å². The summed E-state index contributed by atoms with van der Waals surface area (Å²) in [6.45, 7) is 2.62. The summed E-state index contributed by atoms with van der Waals surface area (Å²) in [5, 5.41) is 18.3. The lowest BCUT2D eigenvalue weighted by Gasteiger charge is -2.52. The van der Waals surface area contributed by atoms with Gasteiger partial charge in [-0.25, -0.2) is 19.7 Å². The number of thiophene rings is 1. The van der Waals surface area contributed by atoms with Gasteiger partial charge < -0.3 is 31.3 Å². The van der Waals surface area contributed by atoms with Crippen molar-refractivity contribution in [3.05, 3.63) is 35.0 Å². The van der Waals surface area contributed by atoms with E-state index in [1.165, 1.54) is 24.0 Å². The number of hydrogen-bond donors (Lipinski definition) is 2. The maximum Gasteiger partial charge on any atom is 0.343 e. The molecule has 4 fully saturated rings. The molecule has 3 aliphatic heterocycles. The van der Waals surface area contributed by atoms with Gasteiger partial charge in [0, 0.05) is 30.2 Å². The number of anilines is 1. The van der Waals surface area contributed by atoms with Crippen LogP contribution in [-0.2, 0) is 19.9 Å². The van der Waals surface area contributed by atoms with Crippen molar-refractivity contribution < 1.29 is 40.9 Å². The van der Waals surface area contributed by atoms with E-state index in [0.29, 0.717) is 16.6 Å². The number of fused-ring (bicyclic) bond motifs is 3. The number of piperidine rings is 3. The van der Waals surface area contributed by atoms with Gasteiger partial charge in [0.25, 0.3) is 5.91 Å². The summed E-state index contributed by atoms with van der Waals surface area (Å²) in [7, 11) is 0. The predicted octanol–water partition coefficient (Wildman–Crippen LogP) is -0.504. The fraction of sp³-hybridized carbons (Fsp3) is 0.625. The Morgan fingerprint density at radius 3 is 2.51 bits per heavy atom. The highest BCUT2D eigenvalue weighted by atomic mass is 79.9. The molecule has 1 amide bonds. The zero-order valence-corrected chi connectivity index (χ0v) is 22.0. The number of aliphatic hydroxyl groups is 1. The largest absolute Gasteiger partial charge is 1.00 e. The lowest BCUT2D eigenvalue weighted by Crippen LogP contribution is -3.00. The van der Waals surface area contributed by atoms with Crippen LogP contribution >= 0.6 is 11.3 Å². The molecule has 1 saturated carbocycles. The third kappa shape index (κ3) is 5.42. The number of halogens is 1. The molecule has 1 unspecified atom stereocenters. The molecule has 11 heteroatoms. The number of hydrogen-bond acceptors (Lipinski definition) is 8. The molecule has 1 aliphatic carbocycles. The maximum absolute atomic E-state index is 13.6. The number of carbonyl (C=O) groups is 2. The molecule has 5 heterocycles. The average Bonchev–Trinajstić information content (AvgIpc) is 3.40. The smallest absolute Gasteiger partial charge is 0.343 e. The predicted molar refractivity (Wildman–Crippen MR) is 126 cm³/mol. The summed E-state index contributed by atoms with van der Waals surface area (Å²) in [6.07, 6.45) is 9.03. The van der Waals surface area contributed by atoms with E-state index in [9.17, 15) is 14.7 Å². The molecule has 2 aromatic rings. The maximum atomic E-state index is 13.6. The molecule has 2 N–H and O–H groups in total. The molecule has 2 atom stereocenters. The summed E-state index contributed by atoms with van der Waals surface area (Å²) < 4.78 is 6.70. The molecular weight excluding hydrogens is 534 g/mol. The van der Waals surface area contributed by atoms with Crippen LogP contribution in [0.5, 0.6) is 0 Å². The molecule has 2 bridgehead atoms.